The maximum absolute atomic E-state index is 14.2. The number of amides is 1. The molecule has 25 heavy (non-hydrogen) atoms. The van der Waals surface area contributed by atoms with E-state index in [-0.39, 0.29) is 18.3 Å². The van der Waals surface area contributed by atoms with E-state index < -0.39 is 0 Å². The Morgan fingerprint density at radius 2 is 2.08 bits per heavy atom. The van der Waals surface area contributed by atoms with Crippen LogP contribution in [0.25, 0.3) is 10.1 Å². The molecule has 130 valence electrons. The average molecular weight is 424 g/mol. The third-order valence-corrected chi connectivity index (χ3v) is 5.36. The van der Waals surface area contributed by atoms with Gasteiger partial charge in [0.1, 0.15) is 11.6 Å². The molecule has 0 atom stereocenters. The van der Waals surface area contributed by atoms with Crippen molar-refractivity contribution < 1.29 is 18.7 Å². The molecule has 1 amide bonds. The van der Waals surface area contributed by atoms with Gasteiger partial charge in [0.15, 0.2) is 0 Å². The molecule has 0 bridgehead atoms. The highest BCUT2D eigenvalue weighted by atomic mass is 79.9. The second-order valence-corrected chi connectivity index (χ2v) is 7.22. The Morgan fingerprint density at radius 1 is 1.28 bits per heavy atom. The maximum Gasteiger partial charge on any atom is 0.266 e. The van der Waals surface area contributed by atoms with Crippen molar-refractivity contribution in [3.63, 3.8) is 0 Å². The van der Waals surface area contributed by atoms with Gasteiger partial charge in [0.05, 0.1) is 24.3 Å². The summed E-state index contributed by atoms with van der Waals surface area (Å²) in [5, 5.41) is 3.27. The van der Waals surface area contributed by atoms with E-state index >= 15 is 0 Å². The first kappa shape index (κ1) is 17.8. The summed E-state index contributed by atoms with van der Waals surface area (Å²) in [4.78, 5) is 13.2. The summed E-state index contributed by atoms with van der Waals surface area (Å²) in [5.41, 5.74) is 1.08. The number of hydrogen-bond acceptors (Lipinski definition) is 4. The van der Waals surface area contributed by atoms with E-state index in [0.717, 1.165) is 4.47 Å². The molecule has 1 aromatic heterocycles. The molecule has 1 N–H and O–H groups in total. The minimum atomic E-state index is -0.361. The molecular weight excluding hydrogens is 409 g/mol. The molecular formula is C18H15BrFNO3S. The highest BCUT2D eigenvalue weighted by Crippen LogP contribution is 2.35. The number of nitrogens with one attached hydrogen (secondary N) is 1. The van der Waals surface area contributed by atoms with Crippen LogP contribution in [0.1, 0.15) is 15.2 Å². The van der Waals surface area contributed by atoms with E-state index in [9.17, 15) is 9.18 Å². The number of carbonyl (C=O) groups excluding carboxylic acids is 1. The minimum Gasteiger partial charge on any atom is -0.495 e. The lowest BCUT2D eigenvalue weighted by Crippen LogP contribution is -2.13. The van der Waals surface area contributed by atoms with Gasteiger partial charge in [-0.25, -0.2) is 4.39 Å². The number of fused-ring (bicyclic) bond motifs is 1. The Hall–Kier alpha value is -1.96. The lowest BCUT2D eigenvalue weighted by atomic mass is 10.1. The van der Waals surface area contributed by atoms with E-state index in [4.69, 9.17) is 9.47 Å². The number of ether oxygens (including phenoxy) is 2. The van der Waals surface area contributed by atoms with E-state index in [1.54, 1.807) is 24.3 Å². The van der Waals surface area contributed by atoms with Crippen LogP contribution in [-0.4, -0.2) is 20.1 Å². The summed E-state index contributed by atoms with van der Waals surface area (Å²) in [6.07, 6.45) is 0. The molecule has 3 aromatic rings. The molecule has 0 aliphatic carbocycles. The van der Waals surface area contributed by atoms with Crippen LogP contribution in [0.2, 0.25) is 0 Å². The highest BCUT2D eigenvalue weighted by Gasteiger charge is 2.21. The number of hydrogen-bond donors (Lipinski definition) is 1. The summed E-state index contributed by atoms with van der Waals surface area (Å²) in [6.45, 7) is 0.152. The fourth-order valence-electron chi connectivity index (χ4n) is 2.59. The van der Waals surface area contributed by atoms with Crippen LogP contribution in [0, 0.1) is 5.82 Å². The monoisotopic (exact) mass is 423 g/mol. The maximum atomic E-state index is 14.2. The number of methoxy groups -OCH3 is 2. The molecule has 7 heteroatoms. The molecule has 3 rings (SSSR count). The lowest BCUT2D eigenvalue weighted by Gasteiger charge is -2.11. The zero-order valence-electron chi connectivity index (χ0n) is 13.6. The predicted molar refractivity (Wildman–Crippen MR) is 101 cm³/mol. The van der Waals surface area contributed by atoms with Crippen molar-refractivity contribution in [2.75, 3.05) is 19.5 Å². The third-order valence-electron chi connectivity index (χ3n) is 3.67. The van der Waals surface area contributed by atoms with Gasteiger partial charge in [0.2, 0.25) is 0 Å². The van der Waals surface area contributed by atoms with E-state index in [2.05, 4.69) is 21.2 Å². The summed E-state index contributed by atoms with van der Waals surface area (Å²) in [6, 6.07) is 10.1. The predicted octanol–water partition coefficient (Wildman–Crippen LogP) is 5.21. The molecule has 0 aliphatic rings. The number of halogens is 2. The van der Waals surface area contributed by atoms with Crippen LogP contribution in [0.4, 0.5) is 10.1 Å². The summed E-state index contributed by atoms with van der Waals surface area (Å²) < 4.78 is 26.2. The number of anilines is 1. The van der Waals surface area contributed by atoms with Crippen LogP contribution in [0.3, 0.4) is 0 Å². The molecule has 0 spiro atoms. The van der Waals surface area contributed by atoms with Gasteiger partial charge in [-0.15, -0.1) is 11.3 Å². The summed E-state index contributed by atoms with van der Waals surface area (Å²) in [7, 11) is 3.05. The summed E-state index contributed by atoms with van der Waals surface area (Å²) in [5.74, 6) is -0.152. The largest absolute Gasteiger partial charge is 0.495 e. The van der Waals surface area contributed by atoms with Gasteiger partial charge >= 0.3 is 0 Å². The SMILES string of the molecule is COCc1c(C(=O)Nc2cc(Br)ccc2OC)sc2cccc(F)c12. The molecule has 0 aliphatic heterocycles. The molecule has 0 unspecified atom stereocenters. The number of thiophene rings is 1. The number of benzene rings is 2. The summed E-state index contributed by atoms with van der Waals surface area (Å²) >= 11 is 4.61. The lowest BCUT2D eigenvalue weighted by molar-refractivity contribution is 0.102. The van der Waals surface area contributed by atoms with Gasteiger partial charge in [-0.3, -0.25) is 4.79 Å². The molecule has 0 fully saturated rings. The van der Waals surface area contributed by atoms with Crippen molar-refractivity contribution in [1.29, 1.82) is 0 Å². The molecule has 4 nitrogen and oxygen atoms in total. The average Bonchev–Trinajstić information content (AvgIpc) is 2.95. The van der Waals surface area contributed by atoms with Crippen molar-refractivity contribution in [1.82, 2.24) is 0 Å². The number of carbonyl (C=O) groups is 1. The van der Waals surface area contributed by atoms with Crippen LogP contribution >= 0.6 is 27.3 Å². The van der Waals surface area contributed by atoms with Crippen LogP contribution in [0.15, 0.2) is 40.9 Å². The Bertz CT molecular complexity index is 941. The van der Waals surface area contributed by atoms with Crippen LogP contribution in [0.5, 0.6) is 5.75 Å². The van der Waals surface area contributed by atoms with Crippen LogP contribution in [-0.2, 0) is 11.3 Å². The van der Waals surface area contributed by atoms with Crippen molar-refractivity contribution in [3.05, 3.63) is 57.1 Å². The molecule has 0 radical (unpaired) electrons. The van der Waals surface area contributed by atoms with Gasteiger partial charge in [-0.1, -0.05) is 22.0 Å². The first-order chi connectivity index (χ1) is 12.0. The standard InChI is InChI=1S/C18H15BrFNO3S/c1-23-9-11-16-12(20)4-3-5-15(16)25-17(11)18(22)21-13-8-10(19)6-7-14(13)24-2/h3-8H,9H2,1-2H3,(H,21,22). The second kappa shape index (κ2) is 7.51. The van der Waals surface area contributed by atoms with Crippen molar-refractivity contribution in [2.24, 2.45) is 0 Å². The quantitative estimate of drug-likeness (QED) is 0.612. The number of rotatable bonds is 5. The van der Waals surface area contributed by atoms with Crippen molar-refractivity contribution >= 4 is 48.9 Å². The molecule has 1 heterocycles. The normalized spacial score (nSPS) is 10.9. The van der Waals surface area contributed by atoms with E-state index in [1.165, 1.54) is 31.6 Å². The van der Waals surface area contributed by atoms with Crippen molar-refractivity contribution in [3.8, 4) is 5.75 Å². The Labute approximate surface area is 156 Å². The zero-order valence-corrected chi connectivity index (χ0v) is 16.0. The topological polar surface area (TPSA) is 47.6 Å². The molecule has 2 aromatic carbocycles. The zero-order chi connectivity index (χ0) is 18.0. The Balaban J connectivity index is 2.04. The van der Waals surface area contributed by atoms with Gasteiger partial charge in [0, 0.05) is 27.2 Å². The fourth-order valence-corrected chi connectivity index (χ4v) is 4.07. The van der Waals surface area contributed by atoms with E-state index in [0.29, 0.717) is 32.0 Å². The van der Waals surface area contributed by atoms with Gasteiger partial charge in [-0.05, 0) is 30.3 Å². The van der Waals surface area contributed by atoms with Gasteiger partial charge in [-0.2, -0.15) is 0 Å². The second-order valence-electron chi connectivity index (χ2n) is 5.25. The van der Waals surface area contributed by atoms with Gasteiger partial charge in [0.25, 0.3) is 5.91 Å². The molecule has 0 saturated carbocycles. The first-order valence-corrected chi connectivity index (χ1v) is 8.99. The Kier molecular flexibility index (Phi) is 5.36. The van der Waals surface area contributed by atoms with Crippen LogP contribution < -0.4 is 10.1 Å². The smallest absolute Gasteiger partial charge is 0.266 e. The van der Waals surface area contributed by atoms with Gasteiger partial charge < -0.3 is 14.8 Å². The minimum absolute atomic E-state index is 0.152. The highest BCUT2D eigenvalue weighted by molar-refractivity contribution is 9.10. The van der Waals surface area contributed by atoms with Crippen molar-refractivity contribution in [2.45, 2.75) is 6.61 Å². The fraction of sp³-hybridized carbons (Fsp3) is 0.167. The third kappa shape index (κ3) is 3.53. The first-order valence-electron chi connectivity index (χ1n) is 7.39. The molecule has 0 saturated heterocycles. The van der Waals surface area contributed by atoms with E-state index in [1.807, 2.05) is 6.07 Å². The Morgan fingerprint density at radius 3 is 2.80 bits per heavy atom.